The van der Waals surface area contributed by atoms with Gasteiger partial charge in [0.2, 0.25) is 0 Å². The number of aromatic nitrogens is 3. The van der Waals surface area contributed by atoms with Gasteiger partial charge in [-0.1, -0.05) is 42.4 Å². The molecule has 46 heavy (non-hydrogen) atoms. The third kappa shape index (κ3) is 5.30. The molecule has 3 atom stereocenters. The van der Waals surface area contributed by atoms with Crippen molar-refractivity contribution in [2.45, 2.75) is 31.3 Å². The Hall–Kier alpha value is -4.03. The molecule has 7 rings (SSSR count). The lowest BCUT2D eigenvalue weighted by Crippen LogP contribution is -2.49. The molecule has 0 radical (unpaired) electrons. The second kappa shape index (κ2) is 12.3. The van der Waals surface area contributed by atoms with Crippen molar-refractivity contribution in [3.8, 4) is 17.3 Å². The summed E-state index contributed by atoms with van der Waals surface area (Å²) in [5, 5.41) is 1.10. The summed E-state index contributed by atoms with van der Waals surface area (Å²) >= 11 is 6.36. The third-order valence-electron chi connectivity index (χ3n) is 9.54. The first-order chi connectivity index (χ1) is 22.2. The first-order valence-corrected chi connectivity index (χ1v) is 15.7. The maximum Gasteiger partial charge on any atom is 0.319 e. The van der Waals surface area contributed by atoms with Crippen molar-refractivity contribution in [3.05, 3.63) is 65.6 Å². The third-order valence-corrected chi connectivity index (χ3v) is 9.91. The zero-order chi connectivity index (χ0) is 32.1. The van der Waals surface area contributed by atoms with E-state index in [0.717, 1.165) is 19.3 Å². The number of fused-ring (bicyclic) bond motifs is 4. The summed E-state index contributed by atoms with van der Waals surface area (Å²) in [6, 6.07) is 8.16. The van der Waals surface area contributed by atoms with Crippen LogP contribution in [0.3, 0.4) is 0 Å². The number of rotatable bonds is 8. The van der Waals surface area contributed by atoms with Crippen LogP contribution in [0.15, 0.2) is 48.9 Å². The fourth-order valence-electron chi connectivity index (χ4n) is 7.34. The van der Waals surface area contributed by atoms with Gasteiger partial charge in [0.05, 0.1) is 10.4 Å². The molecule has 2 aromatic heterocycles. The predicted molar refractivity (Wildman–Crippen MR) is 167 cm³/mol. The molecular weight excluding hydrogens is 624 g/mol. The molecule has 1 aliphatic carbocycles. The highest BCUT2D eigenvalue weighted by Gasteiger charge is 2.45. The molecule has 4 heterocycles. The second-order valence-electron chi connectivity index (χ2n) is 12.0. The first kappa shape index (κ1) is 30.6. The average molecular weight is 655 g/mol. The van der Waals surface area contributed by atoms with E-state index in [1.807, 2.05) is 4.90 Å². The molecule has 8 nitrogen and oxygen atoms in total. The van der Waals surface area contributed by atoms with Crippen molar-refractivity contribution >= 4 is 45.0 Å². The van der Waals surface area contributed by atoms with Gasteiger partial charge in [0, 0.05) is 62.0 Å². The van der Waals surface area contributed by atoms with Crippen LogP contribution in [0.5, 0.6) is 6.01 Å². The van der Waals surface area contributed by atoms with Crippen LogP contribution in [-0.2, 0) is 4.79 Å². The van der Waals surface area contributed by atoms with Gasteiger partial charge in [0.15, 0.2) is 11.6 Å². The maximum absolute atomic E-state index is 16.6. The van der Waals surface area contributed by atoms with Crippen LogP contribution in [0.4, 0.5) is 23.4 Å². The first-order valence-electron chi connectivity index (χ1n) is 15.3. The predicted octanol–water partition coefficient (Wildman–Crippen LogP) is 6.11. The zero-order valence-electron chi connectivity index (χ0n) is 24.9. The monoisotopic (exact) mass is 654 g/mol. The zero-order valence-corrected chi connectivity index (χ0v) is 25.6. The average Bonchev–Trinajstić information content (AvgIpc) is 3.67. The van der Waals surface area contributed by atoms with Gasteiger partial charge in [-0.3, -0.25) is 14.7 Å². The van der Waals surface area contributed by atoms with Crippen molar-refractivity contribution < 1.29 is 27.1 Å². The standard InChI is InChI=1S/C33H31ClF4N6O2/c1-18(36)32(45)43-13-11-42(12-14-43)31-23-16-39-29(22-4-2-3-19-6-8-24(37)27(34)26(19)22)28(38)30(23)40-33(41-31)46-17-25-20-5-7-21(15-20)44(25)10-9-35/h2-4,6,8,16,20-21,25H,1,5,7,9-15,17H2. The molecular formula is C33H31ClF4N6O2. The number of carbonyl (C=O) groups excluding carboxylic acids is 1. The van der Waals surface area contributed by atoms with E-state index >= 15 is 4.39 Å². The van der Waals surface area contributed by atoms with Crippen LogP contribution in [0.2, 0.25) is 5.02 Å². The lowest BCUT2D eigenvalue weighted by molar-refractivity contribution is -0.128. The van der Waals surface area contributed by atoms with Gasteiger partial charge in [-0.15, -0.1) is 0 Å². The molecule has 1 saturated carbocycles. The number of alkyl halides is 1. The molecule has 1 amide bonds. The number of anilines is 1. The van der Waals surface area contributed by atoms with Gasteiger partial charge < -0.3 is 14.5 Å². The minimum Gasteiger partial charge on any atom is -0.462 e. The Morgan fingerprint density at radius 1 is 1.09 bits per heavy atom. The number of pyridine rings is 1. The second-order valence-corrected chi connectivity index (χ2v) is 12.4. The Balaban J connectivity index is 1.29. The van der Waals surface area contributed by atoms with Gasteiger partial charge in [-0.2, -0.15) is 9.97 Å². The van der Waals surface area contributed by atoms with E-state index in [-0.39, 0.29) is 61.1 Å². The normalized spacial score (nSPS) is 21.5. The minimum atomic E-state index is -1.04. The number of amides is 1. The fourth-order valence-corrected chi connectivity index (χ4v) is 7.61. The van der Waals surface area contributed by atoms with E-state index < -0.39 is 30.0 Å². The Labute approximate surface area is 267 Å². The summed E-state index contributed by atoms with van der Waals surface area (Å²) in [5.41, 5.74) is 0.172. The van der Waals surface area contributed by atoms with Gasteiger partial charge >= 0.3 is 6.01 Å². The van der Waals surface area contributed by atoms with Crippen LogP contribution in [-0.4, -0.2) is 88.7 Å². The number of carbonyl (C=O) groups is 1. The van der Waals surface area contributed by atoms with Crippen LogP contribution in [0, 0.1) is 17.6 Å². The van der Waals surface area contributed by atoms with Crippen molar-refractivity contribution in [2.24, 2.45) is 5.92 Å². The number of likely N-dealkylation sites (tertiary alicyclic amines) is 1. The number of halogens is 5. The number of hydrogen-bond donors (Lipinski definition) is 0. The molecule has 0 spiro atoms. The highest BCUT2D eigenvalue weighted by Crippen LogP contribution is 2.43. The number of nitrogens with zero attached hydrogens (tertiary/aromatic N) is 6. The van der Waals surface area contributed by atoms with Crippen LogP contribution in [0.1, 0.15) is 19.3 Å². The van der Waals surface area contributed by atoms with E-state index in [1.165, 1.54) is 17.2 Å². The largest absolute Gasteiger partial charge is 0.462 e. The highest BCUT2D eigenvalue weighted by atomic mass is 35.5. The summed E-state index contributed by atoms with van der Waals surface area (Å²) in [5.74, 6) is -2.50. The number of benzene rings is 2. The summed E-state index contributed by atoms with van der Waals surface area (Å²) in [7, 11) is 0. The van der Waals surface area contributed by atoms with E-state index in [9.17, 15) is 18.0 Å². The van der Waals surface area contributed by atoms with Gasteiger partial charge in [-0.25, -0.2) is 17.6 Å². The smallest absolute Gasteiger partial charge is 0.319 e. The fraction of sp³-hybridized carbons (Fsp3) is 0.394. The summed E-state index contributed by atoms with van der Waals surface area (Å²) in [6.07, 6.45) is 4.52. The van der Waals surface area contributed by atoms with E-state index in [0.29, 0.717) is 46.0 Å². The quantitative estimate of drug-likeness (QED) is 0.168. The van der Waals surface area contributed by atoms with Gasteiger partial charge in [-0.05, 0) is 36.6 Å². The van der Waals surface area contributed by atoms with Crippen molar-refractivity contribution in [1.82, 2.24) is 24.8 Å². The molecule has 2 aliphatic heterocycles. The van der Waals surface area contributed by atoms with Crippen molar-refractivity contribution in [2.75, 3.05) is 50.9 Å². The van der Waals surface area contributed by atoms with Gasteiger partial charge in [0.1, 0.15) is 36.1 Å². The van der Waals surface area contributed by atoms with Gasteiger partial charge in [0.25, 0.3) is 5.91 Å². The molecule has 0 N–H and O–H groups in total. The number of hydrogen-bond acceptors (Lipinski definition) is 7. The molecule has 2 saturated heterocycles. The lowest BCUT2D eigenvalue weighted by atomic mass is 9.99. The number of ether oxygens (including phenoxy) is 1. The Kier molecular flexibility index (Phi) is 8.18. The van der Waals surface area contributed by atoms with Crippen molar-refractivity contribution in [3.63, 3.8) is 0 Å². The van der Waals surface area contributed by atoms with Crippen LogP contribution < -0.4 is 9.64 Å². The molecule has 2 aromatic carbocycles. The Morgan fingerprint density at radius 3 is 2.65 bits per heavy atom. The minimum absolute atomic E-state index is 0.00817. The molecule has 2 bridgehead atoms. The molecule has 3 fully saturated rings. The maximum atomic E-state index is 16.6. The van der Waals surface area contributed by atoms with Crippen LogP contribution in [0.25, 0.3) is 32.9 Å². The SMILES string of the molecule is C=C(F)C(=O)N1CCN(c2nc(OCC3C4CCC(C4)N3CCF)nc3c(F)c(-c4cccc5ccc(F)c(Cl)c45)ncc23)CC1. The lowest BCUT2D eigenvalue weighted by Gasteiger charge is -2.36. The van der Waals surface area contributed by atoms with E-state index in [2.05, 4.69) is 26.4 Å². The van der Waals surface area contributed by atoms with Crippen molar-refractivity contribution in [1.29, 1.82) is 0 Å². The molecule has 240 valence electrons. The number of piperazine rings is 1. The topological polar surface area (TPSA) is 74.7 Å². The summed E-state index contributed by atoms with van der Waals surface area (Å²) < 4.78 is 64.2. The Morgan fingerprint density at radius 2 is 1.89 bits per heavy atom. The highest BCUT2D eigenvalue weighted by molar-refractivity contribution is 6.36. The Bertz CT molecular complexity index is 1850. The molecule has 3 unspecified atom stereocenters. The number of piperidine rings is 1. The summed E-state index contributed by atoms with van der Waals surface area (Å²) in [4.78, 5) is 31.1. The molecule has 13 heteroatoms. The van der Waals surface area contributed by atoms with E-state index in [1.54, 1.807) is 24.3 Å². The summed E-state index contributed by atoms with van der Waals surface area (Å²) in [6.45, 7) is 4.14. The molecule has 3 aliphatic rings. The van der Waals surface area contributed by atoms with Crippen LogP contribution >= 0.6 is 11.6 Å². The van der Waals surface area contributed by atoms with E-state index in [4.69, 9.17) is 16.3 Å². The molecule has 4 aromatic rings.